The average Bonchev–Trinajstić information content (AvgIpc) is 3.46. The van der Waals surface area contributed by atoms with Crippen LogP contribution in [-0.2, 0) is 31.9 Å². The molecule has 15 nitrogen and oxygen atoms in total. The first-order valence-corrected chi connectivity index (χ1v) is 15.1. The second kappa shape index (κ2) is 15.8. The maximum atomic E-state index is 12.5. The Balaban J connectivity index is 0.000000261. The van der Waals surface area contributed by atoms with Crippen LogP contribution >= 0.6 is 0 Å². The molecule has 2 aromatic carbocycles. The Morgan fingerprint density at radius 1 is 0.854 bits per heavy atom. The molecule has 4 amide bonds. The fraction of sp³-hybridized carbons (Fsp3) is 0.364. The van der Waals surface area contributed by atoms with Crippen molar-refractivity contribution in [3.05, 3.63) is 88.5 Å². The Hall–Kier alpha value is -5.57. The molecule has 0 unspecified atom stereocenters. The van der Waals surface area contributed by atoms with E-state index in [1.807, 2.05) is 60.7 Å². The molecular weight excluding hydrogens is 620 g/mol. The Morgan fingerprint density at radius 2 is 1.35 bits per heavy atom. The zero-order chi connectivity index (χ0) is 35.6. The van der Waals surface area contributed by atoms with Crippen molar-refractivity contribution in [3.63, 3.8) is 0 Å². The van der Waals surface area contributed by atoms with E-state index in [2.05, 4.69) is 25.3 Å². The number of anilines is 1. The van der Waals surface area contributed by atoms with Crippen LogP contribution in [-0.4, -0.2) is 67.2 Å². The third-order valence-electron chi connectivity index (χ3n) is 6.23. The van der Waals surface area contributed by atoms with E-state index in [9.17, 15) is 24.0 Å². The van der Waals surface area contributed by atoms with Gasteiger partial charge in [0.2, 0.25) is 17.8 Å². The lowest BCUT2D eigenvalue weighted by atomic mass is 10.0. The molecule has 48 heavy (non-hydrogen) atoms. The second-order valence-electron chi connectivity index (χ2n) is 12.7. The summed E-state index contributed by atoms with van der Waals surface area (Å²) < 4.78 is 10.4. The minimum Gasteiger partial charge on any atom is -0.443 e. The number of amides is 4. The van der Waals surface area contributed by atoms with Gasteiger partial charge in [-0.3, -0.25) is 19.4 Å². The van der Waals surface area contributed by atoms with Crippen LogP contribution in [0.4, 0.5) is 15.5 Å². The van der Waals surface area contributed by atoms with Crippen molar-refractivity contribution in [2.75, 3.05) is 4.90 Å². The van der Waals surface area contributed by atoms with Gasteiger partial charge in [0.25, 0.3) is 5.56 Å². The number of hydrogen-bond acceptors (Lipinski definition) is 10. The topological polar surface area (TPSA) is 228 Å². The van der Waals surface area contributed by atoms with E-state index in [4.69, 9.17) is 20.9 Å². The molecule has 4 aromatic rings. The highest BCUT2D eigenvalue weighted by atomic mass is 16.6. The van der Waals surface area contributed by atoms with Crippen molar-refractivity contribution in [2.24, 2.45) is 11.5 Å². The van der Waals surface area contributed by atoms with Crippen molar-refractivity contribution in [2.45, 2.75) is 77.7 Å². The zero-order valence-corrected chi connectivity index (χ0v) is 27.8. The summed E-state index contributed by atoms with van der Waals surface area (Å²) in [5.74, 6) is -1.30. The number of hydrogen-bond donors (Lipinski definition) is 5. The van der Waals surface area contributed by atoms with E-state index in [0.29, 0.717) is 17.7 Å². The molecule has 0 saturated heterocycles. The van der Waals surface area contributed by atoms with Gasteiger partial charge in [0.05, 0.1) is 12.4 Å². The molecular formula is C33H42N8O7. The molecule has 0 aliphatic carbocycles. The van der Waals surface area contributed by atoms with Gasteiger partial charge in [0.1, 0.15) is 17.2 Å². The number of ether oxygens (including phenoxy) is 2. The average molecular weight is 663 g/mol. The van der Waals surface area contributed by atoms with E-state index in [0.717, 1.165) is 11.1 Å². The molecule has 0 radical (unpaired) electrons. The SMILES string of the molecule is CC(C)(C)OC(=O)N(C(=O)OC(C)(C)C)c1nc2nc[nH]c2c(=O)[nH]1.NC(=O)[C@H](Cc1ccccc1)NC(=O)[C@@H](N)Cc1ccccc1. The summed E-state index contributed by atoms with van der Waals surface area (Å²) in [5.41, 5.74) is 11.1. The summed E-state index contributed by atoms with van der Waals surface area (Å²) in [6, 6.07) is 17.4. The number of benzene rings is 2. The largest absolute Gasteiger partial charge is 0.443 e. The van der Waals surface area contributed by atoms with Gasteiger partial charge >= 0.3 is 12.2 Å². The highest BCUT2D eigenvalue weighted by Crippen LogP contribution is 2.19. The molecule has 0 saturated carbocycles. The number of imidazole rings is 1. The molecule has 256 valence electrons. The molecule has 2 atom stereocenters. The molecule has 2 aromatic heterocycles. The molecule has 15 heteroatoms. The minimum atomic E-state index is -1.03. The van der Waals surface area contributed by atoms with E-state index >= 15 is 0 Å². The summed E-state index contributed by atoms with van der Waals surface area (Å²) in [7, 11) is 0. The summed E-state index contributed by atoms with van der Waals surface area (Å²) in [6.07, 6.45) is -0.0228. The smallest absolute Gasteiger partial charge is 0.427 e. The molecule has 0 aliphatic heterocycles. The number of fused-ring (bicyclic) bond motifs is 1. The summed E-state index contributed by atoms with van der Waals surface area (Å²) >= 11 is 0. The van der Waals surface area contributed by atoms with Gasteiger partial charge < -0.3 is 31.2 Å². The van der Waals surface area contributed by atoms with Crippen LogP contribution in [0.1, 0.15) is 52.7 Å². The Bertz CT molecular complexity index is 1730. The molecule has 0 bridgehead atoms. The van der Waals surface area contributed by atoms with Gasteiger partial charge in [0.15, 0.2) is 11.2 Å². The number of primary amides is 1. The number of carbonyl (C=O) groups is 4. The molecule has 0 aliphatic rings. The lowest BCUT2D eigenvalue weighted by Gasteiger charge is -2.27. The molecule has 2 heterocycles. The zero-order valence-electron chi connectivity index (χ0n) is 27.8. The highest BCUT2D eigenvalue weighted by molar-refractivity contribution is 6.08. The number of nitrogens with zero attached hydrogens (tertiary/aromatic N) is 3. The van der Waals surface area contributed by atoms with Crippen molar-refractivity contribution in [1.29, 1.82) is 0 Å². The van der Waals surface area contributed by atoms with Crippen molar-refractivity contribution in [3.8, 4) is 0 Å². The van der Waals surface area contributed by atoms with E-state index in [1.165, 1.54) is 6.33 Å². The standard InChI is InChI=1S/C18H21N3O2.C15H21N5O5/c19-15(11-13-7-3-1-4-8-13)18(23)21-16(17(20)22)12-14-9-5-2-6-10-14;1-14(2,3)24-12(22)20(13(23)25-15(4,5)6)11-18-9-8(10(21)19-11)16-7-17-9/h1-10,15-16H,11-12,19H2,(H2,20,22)(H,21,23);7H,1-6H3,(H2,16,17,18,19,21)/t15-,16-;/m0./s1. The van der Waals surface area contributed by atoms with E-state index in [1.54, 1.807) is 41.5 Å². The number of aromatic nitrogens is 4. The van der Waals surface area contributed by atoms with Crippen LogP contribution in [0.3, 0.4) is 0 Å². The number of aromatic amines is 2. The van der Waals surface area contributed by atoms with Gasteiger partial charge in [0, 0.05) is 6.42 Å². The first-order chi connectivity index (χ1) is 22.4. The maximum absolute atomic E-state index is 12.5. The van der Waals surface area contributed by atoms with Crippen LogP contribution in [0.5, 0.6) is 0 Å². The van der Waals surface area contributed by atoms with Crippen LogP contribution in [0.25, 0.3) is 11.2 Å². The van der Waals surface area contributed by atoms with E-state index < -0.39 is 46.9 Å². The number of rotatable bonds is 8. The number of H-pyrrole nitrogens is 2. The van der Waals surface area contributed by atoms with Crippen molar-refractivity contribution >= 4 is 41.1 Å². The number of nitrogens with one attached hydrogen (secondary N) is 3. The Kier molecular flexibility index (Phi) is 12.2. The number of nitrogens with two attached hydrogens (primary N) is 2. The first kappa shape index (κ1) is 36.9. The molecule has 0 fully saturated rings. The minimum absolute atomic E-state index is 0.0517. The second-order valence-corrected chi connectivity index (χ2v) is 12.7. The fourth-order valence-corrected chi connectivity index (χ4v) is 4.11. The third-order valence-corrected chi connectivity index (χ3v) is 6.23. The molecule has 4 rings (SSSR count). The van der Waals surface area contributed by atoms with Crippen LogP contribution in [0, 0.1) is 0 Å². The highest BCUT2D eigenvalue weighted by Gasteiger charge is 2.35. The summed E-state index contributed by atoms with van der Waals surface area (Å²) in [4.78, 5) is 74.3. The van der Waals surface area contributed by atoms with Gasteiger partial charge in [-0.1, -0.05) is 60.7 Å². The van der Waals surface area contributed by atoms with Crippen LogP contribution in [0.2, 0.25) is 0 Å². The van der Waals surface area contributed by atoms with Crippen LogP contribution < -0.4 is 27.2 Å². The van der Waals surface area contributed by atoms with Gasteiger partial charge in [-0.2, -0.15) is 4.98 Å². The monoisotopic (exact) mass is 662 g/mol. The van der Waals surface area contributed by atoms with Gasteiger partial charge in [-0.05, 0) is 59.1 Å². The number of imide groups is 1. The van der Waals surface area contributed by atoms with Crippen molar-refractivity contribution < 1.29 is 28.7 Å². The summed E-state index contributed by atoms with van der Waals surface area (Å²) in [5, 5.41) is 2.65. The van der Waals surface area contributed by atoms with Crippen LogP contribution in [0.15, 0.2) is 71.8 Å². The fourth-order valence-electron chi connectivity index (χ4n) is 4.11. The normalized spacial score (nSPS) is 12.6. The van der Waals surface area contributed by atoms with Gasteiger partial charge in [-0.25, -0.2) is 14.6 Å². The Morgan fingerprint density at radius 3 is 1.83 bits per heavy atom. The quantitative estimate of drug-likeness (QED) is 0.185. The van der Waals surface area contributed by atoms with Crippen molar-refractivity contribution in [1.82, 2.24) is 25.3 Å². The van der Waals surface area contributed by atoms with E-state index in [-0.39, 0.29) is 23.0 Å². The predicted octanol–water partition coefficient (Wildman–Crippen LogP) is 3.09. The Labute approximate surface area is 277 Å². The third kappa shape index (κ3) is 11.3. The molecule has 7 N–H and O–H groups in total. The summed E-state index contributed by atoms with van der Waals surface area (Å²) in [6.45, 7) is 9.86. The van der Waals surface area contributed by atoms with Gasteiger partial charge in [-0.15, -0.1) is 4.90 Å². The lowest BCUT2D eigenvalue weighted by Crippen LogP contribution is -2.51. The lowest BCUT2D eigenvalue weighted by molar-refractivity contribution is -0.128. The maximum Gasteiger partial charge on any atom is 0.427 e. The number of carbonyl (C=O) groups excluding carboxylic acids is 4. The molecule has 0 spiro atoms. The first-order valence-electron chi connectivity index (χ1n) is 15.1. The predicted molar refractivity (Wildman–Crippen MR) is 179 cm³/mol.